The highest BCUT2D eigenvalue weighted by molar-refractivity contribution is 7.98. The number of phenolic OH excluding ortho intramolecular Hbond substituents is 1. The minimum Gasteiger partial charge on any atom is -0.508 e. The first-order chi connectivity index (χ1) is 24.3. The Hall–Kier alpha value is -5.36. The predicted molar refractivity (Wildman–Crippen MR) is 194 cm³/mol. The fourth-order valence-corrected chi connectivity index (χ4v) is 5.13. The third-order valence-corrected chi connectivity index (χ3v) is 8.03. The summed E-state index contributed by atoms with van der Waals surface area (Å²) in [6, 6.07) is 10.8. The lowest BCUT2D eigenvalue weighted by molar-refractivity contribution is -0.133. The molecule has 0 aliphatic rings. The third-order valence-electron chi connectivity index (χ3n) is 7.38. The molecule has 14 N–H and O–H groups in total. The average molecular weight is 729 g/mol. The zero-order valence-corrected chi connectivity index (χ0v) is 29.2. The van der Waals surface area contributed by atoms with Gasteiger partial charge in [0.2, 0.25) is 35.4 Å². The third kappa shape index (κ3) is 16.7. The number of nitrogens with zero attached hydrogens (tertiary/aromatic N) is 1. The zero-order chi connectivity index (χ0) is 37.8. The van der Waals surface area contributed by atoms with Crippen LogP contribution < -0.4 is 49.5 Å². The number of aromatic hydroxyl groups is 1. The van der Waals surface area contributed by atoms with E-state index in [1.165, 1.54) is 23.9 Å². The Morgan fingerprint density at radius 3 is 1.96 bits per heavy atom. The first-order valence-corrected chi connectivity index (χ1v) is 17.5. The molecule has 0 bridgehead atoms. The zero-order valence-electron chi connectivity index (χ0n) is 28.4. The molecule has 0 heterocycles. The van der Waals surface area contributed by atoms with Crippen molar-refractivity contribution in [1.29, 1.82) is 0 Å². The number of carbonyl (C=O) groups is 6. The van der Waals surface area contributed by atoms with E-state index < -0.39 is 72.7 Å². The number of benzene rings is 2. The SMILES string of the molecule is CSCC[C@H](NC(=O)[C@H](Cc1ccccc1)NC(=O)CNC(=O)CNC(=O)[C@@H](N)Cc1ccc(O)cc1)C(=O)N[C@@H](CCCN=C(N)N)C(N)=O. The van der Waals surface area contributed by atoms with Crippen LogP contribution in [0, 0.1) is 0 Å². The summed E-state index contributed by atoms with van der Waals surface area (Å²) in [7, 11) is 0. The number of rotatable bonds is 22. The summed E-state index contributed by atoms with van der Waals surface area (Å²) in [5.41, 5.74) is 23.5. The monoisotopic (exact) mass is 728 g/mol. The van der Waals surface area contributed by atoms with Crippen molar-refractivity contribution in [3.8, 4) is 5.75 Å². The van der Waals surface area contributed by atoms with Crippen LogP contribution in [0.5, 0.6) is 5.75 Å². The van der Waals surface area contributed by atoms with Crippen molar-refractivity contribution in [2.75, 3.05) is 31.6 Å². The number of hydrogen-bond acceptors (Lipinski definition) is 10. The normalized spacial score (nSPS) is 13.0. The van der Waals surface area contributed by atoms with E-state index in [2.05, 4.69) is 31.6 Å². The van der Waals surface area contributed by atoms with E-state index in [-0.39, 0.29) is 43.9 Å². The molecule has 0 aromatic heterocycles. The van der Waals surface area contributed by atoms with Crippen molar-refractivity contribution < 1.29 is 33.9 Å². The Balaban J connectivity index is 2.01. The first kappa shape index (κ1) is 41.8. The van der Waals surface area contributed by atoms with E-state index >= 15 is 0 Å². The van der Waals surface area contributed by atoms with E-state index in [9.17, 15) is 33.9 Å². The number of primary amides is 1. The molecule has 0 radical (unpaired) electrons. The smallest absolute Gasteiger partial charge is 0.243 e. The van der Waals surface area contributed by atoms with Crippen LogP contribution in [-0.4, -0.2) is 102 Å². The molecule has 0 aliphatic carbocycles. The number of phenols is 1. The van der Waals surface area contributed by atoms with E-state index in [4.69, 9.17) is 22.9 Å². The number of hydrogen-bond donors (Lipinski definition) is 10. The second-order valence-corrected chi connectivity index (χ2v) is 12.5. The molecule has 17 nitrogen and oxygen atoms in total. The predicted octanol–water partition coefficient (Wildman–Crippen LogP) is -2.52. The fourth-order valence-electron chi connectivity index (χ4n) is 4.66. The molecule has 51 heavy (non-hydrogen) atoms. The summed E-state index contributed by atoms with van der Waals surface area (Å²) in [5.74, 6) is -3.57. The Labute approximate surface area is 300 Å². The number of guanidine groups is 1. The average Bonchev–Trinajstić information content (AvgIpc) is 3.10. The number of nitrogens with two attached hydrogens (primary N) is 4. The Morgan fingerprint density at radius 1 is 0.725 bits per heavy atom. The summed E-state index contributed by atoms with van der Waals surface area (Å²) in [4.78, 5) is 80.5. The summed E-state index contributed by atoms with van der Waals surface area (Å²) in [5, 5.41) is 22.1. The number of thioether (sulfide) groups is 1. The van der Waals surface area contributed by atoms with Gasteiger partial charge in [-0.2, -0.15) is 11.8 Å². The maximum atomic E-state index is 13.6. The summed E-state index contributed by atoms with van der Waals surface area (Å²) >= 11 is 1.45. The summed E-state index contributed by atoms with van der Waals surface area (Å²) < 4.78 is 0. The molecule has 2 rings (SSSR count). The van der Waals surface area contributed by atoms with E-state index in [0.29, 0.717) is 23.3 Å². The summed E-state index contributed by atoms with van der Waals surface area (Å²) in [6.45, 7) is -0.736. The van der Waals surface area contributed by atoms with Gasteiger partial charge in [0.1, 0.15) is 23.9 Å². The van der Waals surface area contributed by atoms with Crippen molar-refractivity contribution in [2.45, 2.75) is 56.3 Å². The van der Waals surface area contributed by atoms with E-state index in [1.54, 1.807) is 42.5 Å². The molecule has 2 aromatic carbocycles. The molecule has 0 fully saturated rings. The van der Waals surface area contributed by atoms with Crippen LogP contribution in [0.3, 0.4) is 0 Å². The minimum atomic E-state index is -1.15. The van der Waals surface area contributed by atoms with Crippen molar-refractivity contribution in [1.82, 2.24) is 26.6 Å². The number of amides is 6. The van der Waals surface area contributed by atoms with E-state index in [1.807, 2.05) is 6.26 Å². The Kier molecular flexibility index (Phi) is 18.3. The molecule has 0 unspecified atom stereocenters. The van der Waals surface area contributed by atoms with Crippen LogP contribution in [-0.2, 0) is 41.6 Å². The van der Waals surface area contributed by atoms with Gasteiger partial charge in [0.25, 0.3) is 0 Å². The van der Waals surface area contributed by atoms with Crippen LogP contribution in [0.25, 0.3) is 0 Å². The molecule has 278 valence electrons. The van der Waals surface area contributed by atoms with Crippen LogP contribution >= 0.6 is 11.8 Å². The molecule has 0 saturated carbocycles. The highest BCUT2D eigenvalue weighted by Gasteiger charge is 2.29. The quantitative estimate of drug-likeness (QED) is 0.0343. The van der Waals surface area contributed by atoms with Crippen LogP contribution in [0.1, 0.15) is 30.4 Å². The second-order valence-electron chi connectivity index (χ2n) is 11.5. The first-order valence-electron chi connectivity index (χ1n) is 16.1. The van der Waals surface area contributed by atoms with E-state index in [0.717, 1.165) is 0 Å². The molecule has 0 aliphatic heterocycles. The fraction of sp³-hybridized carbons (Fsp3) is 0.424. The van der Waals surface area contributed by atoms with Crippen molar-refractivity contribution in [2.24, 2.45) is 27.9 Å². The molecule has 2 aromatic rings. The van der Waals surface area contributed by atoms with Gasteiger partial charge in [-0.3, -0.25) is 33.8 Å². The molecular formula is C33H48N10O7S. The molecule has 0 saturated heterocycles. The minimum absolute atomic E-state index is 0.0624. The van der Waals surface area contributed by atoms with Crippen molar-refractivity contribution in [3.63, 3.8) is 0 Å². The maximum absolute atomic E-state index is 13.6. The Bertz CT molecular complexity index is 1490. The lowest BCUT2D eigenvalue weighted by Crippen LogP contribution is -2.57. The molecule has 0 spiro atoms. The van der Waals surface area contributed by atoms with Gasteiger partial charge in [-0.05, 0) is 61.0 Å². The van der Waals surface area contributed by atoms with Gasteiger partial charge >= 0.3 is 0 Å². The topological polar surface area (TPSA) is 299 Å². The highest BCUT2D eigenvalue weighted by Crippen LogP contribution is 2.11. The van der Waals surface area contributed by atoms with Crippen molar-refractivity contribution in [3.05, 3.63) is 65.7 Å². The molecule has 6 amide bonds. The van der Waals surface area contributed by atoms with Crippen LogP contribution in [0.15, 0.2) is 59.6 Å². The van der Waals surface area contributed by atoms with Gasteiger partial charge in [0.15, 0.2) is 5.96 Å². The van der Waals surface area contributed by atoms with Gasteiger partial charge < -0.3 is 54.6 Å². The number of carbonyl (C=O) groups excluding carboxylic acids is 6. The Morgan fingerprint density at radius 2 is 1.33 bits per heavy atom. The highest BCUT2D eigenvalue weighted by atomic mass is 32.2. The van der Waals surface area contributed by atoms with Gasteiger partial charge in [0.05, 0.1) is 19.1 Å². The largest absolute Gasteiger partial charge is 0.508 e. The van der Waals surface area contributed by atoms with Gasteiger partial charge in [-0.25, -0.2) is 0 Å². The molecule has 18 heteroatoms. The van der Waals surface area contributed by atoms with Crippen LogP contribution in [0.2, 0.25) is 0 Å². The van der Waals surface area contributed by atoms with Gasteiger partial charge in [0, 0.05) is 13.0 Å². The number of aliphatic imine (C=N–C) groups is 1. The lowest BCUT2D eigenvalue weighted by atomic mass is 10.0. The maximum Gasteiger partial charge on any atom is 0.243 e. The molecular weight excluding hydrogens is 680 g/mol. The molecule has 4 atom stereocenters. The van der Waals surface area contributed by atoms with Gasteiger partial charge in [-0.15, -0.1) is 0 Å². The lowest BCUT2D eigenvalue weighted by Gasteiger charge is -2.25. The standard InChI is InChI=1S/C33H48N10O7S/c1-51-15-13-25(31(49)42-24(29(35)47)8-5-14-38-33(36)37)43-32(50)26(17-20-6-3-2-4-7-20)41-28(46)19-39-27(45)18-40-30(48)23(34)16-21-9-11-22(44)12-10-21/h2-4,6-7,9-12,23-26,44H,5,8,13-19,34H2,1H3,(H2,35,47)(H,39,45)(H,40,48)(H,41,46)(H,42,49)(H,43,50)(H4,36,37,38)/t23-,24-,25-,26-/m0/s1. The van der Waals surface area contributed by atoms with Crippen molar-refractivity contribution >= 4 is 53.2 Å². The summed E-state index contributed by atoms with van der Waals surface area (Å²) in [6.07, 6.45) is 2.80. The second kappa shape index (κ2) is 22.4. The van der Waals surface area contributed by atoms with Crippen LogP contribution in [0.4, 0.5) is 0 Å². The van der Waals surface area contributed by atoms with Gasteiger partial charge in [-0.1, -0.05) is 42.5 Å². The number of nitrogens with one attached hydrogen (secondary N) is 5.